The van der Waals surface area contributed by atoms with Crippen LogP contribution in [0.25, 0.3) is 0 Å². The Morgan fingerprint density at radius 3 is 2.56 bits per heavy atom. The number of hydrogen-bond donors (Lipinski definition) is 0. The van der Waals surface area contributed by atoms with Crippen LogP contribution in [0.4, 0.5) is 0 Å². The lowest BCUT2D eigenvalue weighted by atomic mass is 9.75. The zero-order valence-corrected chi connectivity index (χ0v) is 11.8. The molecule has 2 rings (SSSR count). The summed E-state index contributed by atoms with van der Waals surface area (Å²) in [5.74, 6) is 0.819. The quantitative estimate of drug-likeness (QED) is 0.610. The third-order valence-electron chi connectivity index (χ3n) is 4.23. The first-order valence-electron chi connectivity index (χ1n) is 7.01. The average Bonchev–Trinajstić information content (AvgIpc) is 2.26. The Labute approximate surface area is 111 Å². The van der Waals surface area contributed by atoms with Gasteiger partial charge in [-0.1, -0.05) is 48.9 Å². The summed E-state index contributed by atoms with van der Waals surface area (Å²) in [6.45, 7) is 12.4. The molecule has 18 heavy (non-hydrogen) atoms. The van der Waals surface area contributed by atoms with Gasteiger partial charge in [-0.15, -0.1) is 0 Å². The molecule has 0 nitrogen and oxygen atoms in total. The molecule has 0 unspecified atom stereocenters. The van der Waals surface area contributed by atoms with Gasteiger partial charge in [-0.25, -0.2) is 0 Å². The van der Waals surface area contributed by atoms with E-state index in [2.05, 4.69) is 38.3 Å². The molecule has 0 amide bonds. The fraction of sp³-hybridized carbons (Fsp3) is 0.444. The summed E-state index contributed by atoms with van der Waals surface area (Å²) in [6, 6.07) is 6.74. The fourth-order valence-corrected chi connectivity index (χ4v) is 2.74. The summed E-state index contributed by atoms with van der Waals surface area (Å²) >= 11 is 0. The summed E-state index contributed by atoms with van der Waals surface area (Å²) < 4.78 is 0. The molecular weight excluding hydrogens is 216 g/mol. The Kier molecular flexibility index (Phi) is 4.06. The number of benzene rings is 1. The third kappa shape index (κ3) is 2.75. The van der Waals surface area contributed by atoms with E-state index in [1.54, 1.807) is 5.56 Å². The predicted molar refractivity (Wildman–Crippen MR) is 80.0 cm³/mol. The molecule has 0 bridgehead atoms. The lowest BCUT2D eigenvalue weighted by Gasteiger charge is -2.29. The van der Waals surface area contributed by atoms with Crippen LogP contribution in [-0.4, -0.2) is 0 Å². The molecule has 1 fully saturated rings. The highest BCUT2D eigenvalue weighted by Crippen LogP contribution is 2.40. The van der Waals surface area contributed by atoms with Gasteiger partial charge in [0.1, 0.15) is 0 Å². The molecule has 1 aliphatic carbocycles. The van der Waals surface area contributed by atoms with Crippen molar-refractivity contribution in [3.63, 3.8) is 0 Å². The van der Waals surface area contributed by atoms with Crippen LogP contribution in [0.15, 0.2) is 42.5 Å². The molecular formula is C18H24. The second-order valence-electron chi connectivity index (χ2n) is 5.66. The Bertz CT molecular complexity index is 461. The van der Waals surface area contributed by atoms with Gasteiger partial charge < -0.3 is 0 Å². The highest BCUT2D eigenvalue weighted by atomic mass is 14.3. The molecule has 0 spiro atoms. The topological polar surface area (TPSA) is 0 Å². The summed E-state index contributed by atoms with van der Waals surface area (Å²) in [6.07, 6.45) is 6.30. The molecule has 1 saturated carbocycles. The van der Waals surface area contributed by atoms with E-state index in [0.29, 0.717) is 0 Å². The van der Waals surface area contributed by atoms with E-state index < -0.39 is 0 Å². The smallest absolute Gasteiger partial charge is 0.0157 e. The maximum Gasteiger partial charge on any atom is -0.0157 e. The minimum Gasteiger partial charge on any atom is -0.0959 e. The van der Waals surface area contributed by atoms with Crippen LogP contribution in [0.3, 0.4) is 0 Å². The van der Waals surface area contributed by atoms with Gasteiger partial charge in [0.25, 0.3) is 0 Å². The van der Waals surface area contributed by atoms with Crippen LogP contribution in [0.5, 0.6) is 0 Å². The maximum absolute atomic E-state index is 4.10. The van der Waals surface area contributed by atoms with Gasteiger partial charge in [-0.2, -0.15) is 0 Å². The fourth-order valence-electron chi connectivity index (χ4n) is 2.74. The Morgan fingerprint density at radius 2 is 2.00 bits per heavy atom. The van der Waals surface area contributed by atoms with Crippen LogP contribution in [0, 0.1) is 6.92 Å². The van der Waals surface area contributed by atoms with E-state index in [9.17, 15) is 0 Å². The van der Waals surface area contributed by atoms with Gasteiger partial charge in [0.05, 0.1) is 0 Å². The van der Waals surface area contributed by atoms with Crippen molar-refractivity contribution in [2.75, 3.05) is 0 Å². The molecule has 1 aliphatic rings. The van der Waals surface area contributed by atoms with Crippen molar-refractivity contribution in [3.8, 4) is 0 Å². The monoisotopic (exact) mass is 240 g/mol. The minimum atomic E-state index is 0.819. The van der Waals surface area contributed by atoms with Crippen molar-refractivity contribution >= 4 is 0 Å². The number of aryl methyl sites for hydroxylation is 2. The van der Waals surface area contributed by atoms with Crippen LogP contribution in [0.1, 0.15) is 55.2 Å². The molecule has 96 valence electrons. The first-order chi connectivity index (χ1) is 8.59. The second kappa shape index (κ2) is 5.56. The Balaban J connectivity index is 2.14. The molecule has 0 aromatic heterocycles. The summed E-state index contributed by atoms with van der Waals surface area (Å²) in [4.78, 5) is 0. The maximum atomic E-state index is 4.10. The highest BCUT2D eigenvalue weighted by molar-refractivity contribution is 5.39. The molecule has 0 radical (unpaired) electrons. The van der Waals surface area contributed by atoms with Gasteiger partial charge in [0.15, 0.2) is 0 Å². The van der Waals surface area contributed by atoms with Crippen LogP contribution in [0.2, 0.25) is 0 Å². The van der Waals surface area contributed by atoms with Crippen molar-refractivity contribution in [1.29, 1.82) is 0 Å². The summed E-state index contributed by atoms with van der Waals surface area (Å²) in [5.41, 5.74) is 6.93. The molecule has 1 aromatic carbocycles. The molecule has 0 atom stereocenters. The van der Waals surface area contributed by atoms with E-state index in [1.165, 1.54) is 36.0 Å². The normalized spacial score (nSPS) is 15.2. The zero-order valence-electron chi connectivity index (χ0n) is 11.8. The van der Waals surface area contributed by atoms with E-state index >= 15 is 0 Å². The number of hydrogen-bond acceptors (Lipinski definition) is 0. The van der Waals surface area contributed by atoms with Crippen molar-refractivity contribution in [2.24, 2.45) is 0 Å². The van der Waals surface area contributed by atoms with E-state index in [-0.39, 0.29) is 0 Å². The molecule has 1 aromatic rings. The van der Waals surface area contributed by atoms with E-state index in [1.807, 2.05) is 6.92 Å². The summed E-state index contributed by atoms with van der Waals surface area (Å²) in [7, 11) is 0. The summed E-state index contributed by atoms with van der Waals surface area (Å²) in [5, 5.41) is 0. The molecule has 0 N–H and O–H groups in total. The Morgan fingerprint density at radius 1 is 1.28 bits per heavy atom. The standard InChI is InChI=1S/C18H24/c1-13(2)14(3)11-12-17-8-5-7-15(4)18(17)16-9-6-10-16/h5,7-8,16H,1,3,6,9-12H2,2,4H3. The van der Waals surface area contributed by atoms with Crippen LogP contribution in [-0.2, 0) is 6.42 Å². The molecule has 0 heterocycles. The predicted octanol–water partition coefficient (Wildman–Crippen LogP) is 5.33. The second-order valence-corrected chi connectivity index (χ2v) is 5.66. The average molecular weight is 240 g/mol. The lowest BCUT2D eigenvalue weighted by Crippen LogP contribution is -2.13. The van der Waals surface area contributed by atoms with Gasteiger partial charge in [-0.05, 0) is 62.1 Å². The van der Waals surface area contributed by atoms with Gasteiger partial charge in [-0.3, -0.25) is 0 Å². The van der Waals surface area contributed by atoms with Crippen LogP contribution < -0.4 is 0 Å². The van der Waals surface area contributed by atoms with Crippen molar-refractivity contribution in [3.05, 3.63) is 59.2 Å². The molecule has 0 aliphatic heterocycles. The van der Waals surface area contributed by atoms with Gasteiger partial charge in [0.2, 0.25) is 0 Å². The molecule has 0 heteroatoms. The zero-order chi connectivity index (χ0) is 13.1. The van der Waals surface area contributed by atoms with Crippen molar-refractivity contribution in [2.45, 2.75) is 51.9 Å². The van der Waals surface area contributed by atoms with Crippen LogP contribution >= 0.6 is 0 Å². The van der Waals surface area contributed by atoms with Gasteiger partial charge in [0, 0.05) is 0 Å². The number of rotatable bonds is 5. The first kappa shape index (κ1) is 13.1. The third-order valence-corrected chi connectivity index (χ3v) is 4.23. The first-order valence-corrected chi connectivity index (χ1v) is 7.01. The minimum absolute atomic E-state index is 0.819. The Hall–Kier alpha value is -1.30. The van der Waals surface area contributed by atoms with E-state index in [0.717, 1.165) is 24.3 Å². The number of allylic oxidation sites excluding steroid dienone is 2. The lowest BCUT2D eigenvalue weighted by molar-refractivity contribution is 0.415. The highest BCUT2D eigenvalue weighted by Gasteiger charge is 2.23. The SMILES string of the molecule is C=C(C)C(=C)CCc1cccc(C)c1C1CCC1. The van der Waals surface area contributed by atoms with E-state index in [4.69, 9.17) is 0 Å². The largest absolute Gasteiger partial charge is 0.0959 e. The van der Waals surface area contributed by atoms with Crippen molar-refractivity contribution in [1.82, 2.24) is 0 Å². The van der Waals surface area contributed by atoms with Crippen molar-refractivity contribution < 1.29 is 0 Å². The van der Waals surface area contributed by atoms with Gasteiger partial charge >= 0.3 is 0 Å². The molecule has 0 saturated heterocycles.